The molecule has 0 aromatic carbocycles. The van der Waals surface area contributed by atoms with Crippen LogP contribution in [-0.2, 0) is 0 Å². The predicted octanol–water partition coefficient (Wildman–Crippen LogP) is 3.67. The third-order valence-electron chi connectivity index (χ3n) is 2.30. The summed E-state index contributed by atoms with van der Waals surface area (Å²) in [4.78, 5) is 9.46. The number of nitrogens with one attached hydrogen (secondary N) is 1. The molecule has 2 heterocycles. The highest BCUT2D eigenvalue weighted by molar-refractivity contribution is 7.09. The lowest BCUT2D eigenvalue weighted by Crippen LogP contribution is -2.06. The summed E-state index contributed by atoms with van der Waals surface area (Å²) in [6.07, 6.45) is 1.88. The molecule has 2 aromatic rings. The molecule has 16 heavy (non-hydrogen) atoms. The van der Waals surface area contributed by atoms with Crippen LogP contribution in [0.5, 0.6) is 0 Å². The summed E-state index contributed by atoms with van der Waals surface area (Å²) in [6, 6.07) is 3.97. The molecule has 2 rings (SSSR count). The molecule has 0 saturated heterocycles. The second-order valence-electron chi connectivity index (χ2n) is 3.54. The van der Waals surface area contributed by atoms with E-state index in [0.717, 1.165) is 11.4 Å². The van der Waals surface area contributed by atoms with Gasteiger partial charge in [-0.25, -0.2) is 4.98 Å². The Morgan fingerprint density at radius 3 is 2.88 bits per heavy atom. The van der Waals surface area contributed by atoms with Crippen LogP contribution in [0.1, 0.15) is 23.5 Å². The first kappa shape index (κ1) is 11.4. The van der Waals surface area contributed by atoms with Crippen molar-refractivity contribution >= 4 is 28.6 Å². The molecular weight excluding hydrogens is 242 g/mol. The maximum Gasteiger partial charge on any atom is 0.129 e. The van der Waals surface area contributed by atoms with Crippen molar-refractivity contribution in [2.24, 2.45) is 0 Å². The van der Waals surface area contributed by atoms with Gasteiger partial charge in [-0.1, -0.05) is 11.6 Å². The first-order chi connectivity index (χ1) is 7.66. The topological polar surface area (TPSA) is 37.8 Å². The lowest BCUT2D eigenvalue weighted by Gasteiger charge is -2.14. The molecule has 0 amide bonds. The Kier molecular flexibility index (Phi) is 3.41. The number of thiazole rings is 1. The van der Waals surface area contributed by atoms with Gasteiger partial charge in [-0.3, -0.25) is 4.98 Å². The molecule has 0 spiro atoms. The minimum absolute atomic E-state index is 0.231. The van der Waals surface area contributed by atoms with Gasteiger partial charge in [-0.2, -0.15) is 0 Å². The molecule has 0 aliphatic carbocycles. The lowest BCUT2D eigenvalue weighted by molar-refractivity contribution is 0.897. The van der Waals surface area contributed by atoms with E-state index in [1.807, 2.05) is 24.7 Å². The Balaban J connectivity index is 2.15. The Bertz CT molecular complexity index is 470. The highest BCUT2D eigenvalue weighted by Crippen LogP contribution is 2.24. The van der Waals surface area contributed by atoms with Crippen LogP contribution in [0.15, 0.2) is 23.8 Å². The summed E-state index contributed by atoms with van der Waals surface area (Å²) in [7, 11) is 0. The van der Waals surface area contributed by atoms with E-state index in [-0.39, 0.29) is 6.04 Å². The number of rotatable bonds is 3. The van der Waals surface area contributed by atoms with Crippen molar-refractivity contribution in [3.63, 3.8) is 0 Å². The van der Waals surface area contributed by atoms with Gasteiger partial charge in [0.15, 0.2) is 0 Å². The molecule has 5 heteroatoms. The maximum atomic E-state index is 5.81. The zero-order valence-electron chi connectivity index (χ0n) is 9.07. The smallest absolute Gasteiger partial charge is 0.129 e. The summed E-state index contributed by atoms with van der Waals surface area (Å²) >= 11 is 7.45. The van der Waals surface area contributed by atoms with Crippen LogP contribution in [0, 0.1) is 6.92 Å². The second-order valence-corrected chi connectivity index (χ2v) is 4.84. The Morgan fingerprint density at radius 1 is 1.44 bits per heavy atom. The Hall–Kier alpha value is -1.13. The Morgan fingerprint density at radius 2 is 2.25 bits per heavy atom. The molecule has 0 saturated carbocycles. The third kappa shape index (κ3) is 2.51. The highest BCUT2D eigenvalue weighted by Gasteiger charge is 2.08. The van der Waals surface area contributed by atoms with Crippen molar-refractivity contribution in [3.8, 4) is 0 Å². The van der Waals surface area contributed by atoms with Gasteiger partial charge >= 0.3 is 0 Å². The van der Waals surface area contributed by atoms with Crippen LogP contribution in [0.4, 0.5) is 5.69 Å². The molecule has 84 valence electrons. The van der Waals surface area contributed by atoms with E-state index in [1.165, 1.54) is 4.88 Å². The van der Waals surface area contributed by atoms with E-state index < -0.39 is 0 Å². The zero-order valence-corrected chi connectivity index (χ0v) is 10.6. The fourth-order valence-electron chi connectivity index (χ4n) is 1.43. The molecule has 0 aliphatic heterocycles. The van der Waals surface area contributed by atoms with Crippen LogP contribution in [0.3, 0.4) is 0 Å². The molecule has 3 nitrogen and oxygen atoms in total. The van der Waals surface area contributed by atoms with Crippen LogP contribution < -0.4 is 5.32 Å². The summed E-state index contributed by atoms with van der Waals surface area (Å²) < 4.78 is 0. The predicted molar refractivity (Wildman–Crippen MR) is 68.1 cm³/mol. The lowest BCUT2D eigenvalue weighted by atomic mass is 10.2. The molecule has 1 N–H and O–H groups in total. The van der Waals surface area contributed by atoms with Gasteiger partial charge in [-0.15, -0.1) is 11.3 Å². The van der Waals surface area contributed by atoms with Crippen molar-refractivity contribution in [1.82, 2.24) is 9.97 Å². The average Bonchev–Trinajstić information content (AvgIpc) is 2.75. The van der Waals surface area contributed by atoms with Crippen molar-refractivity contribution in [1.29, 1.82) is 0 Å². The summed E-state index contributed by atoms with van der Waals surface area (Å²) in [5, 5.41) is 3.91. The molecule has 0 fully saturated rings. The molecule has 2 aromatic heterocycles. The van der Waals surface area contributed by atoms with Gasteiger partial charge in [0.25, 0.3) is 0 Å². The van der Waals surface area contributed by atoms with Crippen LogP contribution in [0.2, 0.25) is 5.15 Å². The number of pyridine rings is 1. The number of aromatic nitrogens is 2. The Labute approximate surface area is 104 Å². The standard InChI is InChI=1S/C11H12ClN3S/c1-7-9(3-4-11(12)15-7)14-8(2)10-5-13-6-16-10/h3-6,8,14H,1-2H3. The molecule has 1 unspecified atom stereocenters. The van der Waals surface area contributed by atoms with E-state index in [4.69, 9.17) is 11.6 Å². The van der Waals surface area contributed by atoms with Crippen molar-refractivity contribution in [2.45, 2.75) is 19.9 Å². The van der Waals surface area contributed by atoms with E-state index in [9.17, 15) is 0 Å². The quantitative estimate of drug-likeness (QED) is 0.848. The molecule has 1 atom stereocenters. The molecule has 0 aliphatic rings. The normalized spacial score (nSPS) is 12.4. The van der Waals surface area contributed by atoms with Crippen molar-refractivity contribution in [2.75, 3.05) is 5.32 Å². The monoisotopic (exact) mass is 253 g/mol. The molecule has 0 radical (unpaired) electrons. The maximum absolute atomic E-state index is 5.81. The minimum Gasteiger partial charge on any atom is -0.376 e. The average molecular weight is 254 g/mol. The van der Waals surface area contributed by atoms with Gasteiger partial charge in [0, 0.05) is 11.1 Å². The van der Waals surface area contributed by atoms with Gasteiger partial charge in [0.2, 0.25) is 0 Å². The molecule has 0 bridgehead atoms. The number of hydrogen-bond donors (Lipinski definition) is 1. The first-order valence-corrected chi connectivity index (χ1v) is 6.20. The number of hydrogen-bond acceptors (Lipinski definition) is 4. The van der Waals surface area contributed by atoms with Crippen LogP contribution in [0.25, 0.3) is 0 Å². The van der Waals surface area contributed by atoms with Gasteiger partial charge in [-0.05, 0) is 26.0 Å². The largest absolute Gasteiger partial charge is 0.376 e. The van der Waals surface area contributed by atoms with E-state index >= 15 is 0 Å². The highest BCUT2D eigenvalue weighted by atomic mass is 35.5. The number of anilines is 1. The SMILES string of the molecule is Cc1nc(Cl)ccc1NC(C)c1cncs1. The first-order valence-electron chi connectivity index (χ1n) is 4.95. The van der Waals surface area contributed by atoms with Gasteiger partial charge < -0.3 is 5.32 Å². The van der Waals surface area contributed by atoms with Crippen LogP contribution >= 0.6 is 22.9 Å². The van der Waals surface area contributed by atoms with Gasteiger partial charge in [0.05, 0.1) is 22.9 Å². The summed E-state index contributed by atoms with van der Waals surface area (Å²) in [6.45, 7) is 4.04. The van der Waals surface area contributed by atoms with Crippen molar-refractivity contribution < 1.29 is 0 Å². The number of nitrogens with zero attached hydrogens (tertiary/aromatic N) is 2. The summed E-state index contributed by atoms with van der Waals surface area (Å²) in [5.41, 5.74) is 3.75. The zero-order chi connectivity index (χ0) is 11.5. The molecular formula is C11H12ClN3S. The fourth-order valence-corrected chi connectivity index (χ4v) is 2.24. The number of aryl methyl sites for hydroxylation is 1. The fraction of sp³-hybridized carbons (Fsp3) is 0.273. The van der Waals surface area contributed by atoms with E-state index in [1.54, 1.807) is 17.4 Å². The minimum atomic E-state index is 0.231. The van der Waals surface area contributed by atoms with Gasteiger partial charge in [0.1, 0.15) is 5.15 Å². The van der Waals surface area contributed by atoms with E-state index in [2.05, 4.69) is 22.2 Å². The summed E-state index contributed by atoms with van der Waals surface area (Å²) in [5.74, 6) is 0. The third-order valence-corrected chi connectivity index (χ3v) is 3.47. The second kappa shape index (κ2) is 4.80. The van der Waals surface area contributed by atoms with Crippen molar-refractivity contribution in [3.05, 3.63) is 39.6 Å². The van der Waals surface area contributed by atoms with Crippen LogP contribution in [-0.4, -0.2) is 9.97 Å². The van der Waals surface area contributed by atoms with E-state index in [0.29, 0.717) is 5.15 Å². The number of halogens is 1.